The maximum absolute atomic E-state index is 12.4. The number of carbonyl (C=O) groups excluding carboxylic acids is 2. The summed E-state index contributed by atoms with van der Waals surface area (Å²) in [4.78, 5) is 23.8. The van der Waals surface area contributed by atoms with E-state index in [2.05, 4.69) is 26.0 Å². The summed E-state index contributed by atoms with van der Waals surface area (Å²) in [5.41, 5.74) is 1.63. The molecule has 0 aromatic carbocycles. The molecule has 4 heteroatoms. The molecule has 4 aliphatic rings. The van der Waals surface area contributed by atoms with E-state index in [4.69, 9.17) is 4.74 Å². The van der Waals surface area contributed by atoms with Gasteiger partial charge in [0.05, 0.1) is 12.0 Å². The van der Waals surface area contributed by atoms with E-state index in [9.17, 15) is 14.9 Å². The highest BCUT2D eigenvalue weighted by Gasteiger charge is 2.62. The molecule has 0 aliphatic heterocycles. The summed E-state index contributed by atoms with van der Waals surface area (Å²) in [6.07, 6.45) is 9.46. The molecule has 0 aromatic rings. The van der Waals surface area contributed by atoms with Gasteiger partial charge in [-0.05, 0) is 74.0 Å². The van der Waals surface area contributed by atoms with Gasteiger partial charge in [-0.15, -0.1) is 0 Å². The quantitative estimate of drug-likeness (QED) is 0.506. The SMILES string of the molecule is CC(=O)O[C@H]1CC[C@@]2(C)C(=CC[C@H]3[C@@H]4C[C@@H](C#N)[C@H](C(C)=O)[C@@]4(C)CC[C@@H]32)C1. The van der Waals surface area contributed by atoms with Gasteiger partial charge in [-0.1, -0.05) is 25.5 Å². The Morgan fingerprint density at radius 1 is 1.18 bits per heavy atom. The van der Waals surface area contributed by atoms with Gasteiger partial charge in [0.25, 0.3) is 0 Å². The Labute approximate surface area is 168 Å². The minimum atomic E-state index is -0.180. The average Bonchev–Trinajstić information content (AvgIpc) is 2.94. The molecule has 4 nitrogen and oxygen atoms in total. The van der Waals surface area contributed by atoms with Crippen LogP contribution in [0, 0.1) is 51.8 Å². The third kappa shape index (κ3) is 2.77. The van der Waals surface area contributed by atoms with Crippen LogP contribution in [0.2, 0.25) is 0 Å². The minimum absolute atomic E-state index is 0.0238. The highest BCUT2D eigenvalue weighted by molar-refractivity contribution is 5.80. The number of carbonyl (C=O) groups is 2. The number of ether oxygens (including phenoxy) is 1. The lowest BCUT2D eigenvalue weighted by atomic mass is 9.47. The summed E-state index contributed by atoms with van der Waals surface area (Å²) in [6.45, 7) is 7.89. The second-order valence-electron chi connectivity index (χ2n) is 10.3. The number of Topliss-reactive ketones (excluding diaryl/α,β-unsaturated/α-hetero) is 1. The van der Waals surface area contributed by atoms with Crippen molar-refractivity contribution in [2.45, 2.75) is 78.7 Å². The van der Waals surface area contributed by atoms with Crippen LogP contribution in [0.4, 0.5) is 0 Å². The van der Waals surface area contributed by atoms with Gasteiger partial charge in [0.1, 0.15) is 11.9 Å². The second kappa shape index (κ2) is 6.71. The zero-order chi connectivity index (χ0) is 20.3. The predicted octanol–water partition coefficient (Wildman–Crippen LogP) is 4.84. The number of nitrogens with zero attached hydrogens (tertiary/aromatic N) is 1. The molecule has 0 saturated heterocycles. The number of fused-ring (bicyclic) bond motifs is 5. The van der Waals surface area contributed by atoms with Crippen LogP contribution in [0.3, 0.4) is 0 Å². The minimum Gasteiger partial charge on any atom is -0.462 e. The lowest BCUT2D eigenvalue weighted by molar-refractivity contribution is -0.149. The molecular formula is C24H33NO3. The van der Waals surface area contributed by atoms with Crippen molar-refractivity contribution in [2.24, 2.45) is 40.4 Å². The van der Waals surface area contributed by atoms with E-state index in [0.29, 0.717) is 17.8 Å². The Hall–Kier alpha value is -1.63. The van der Waals surface area contributed by atoms with Crippen molar-refractivity contribution < 1.29 is 14.3 Å². The van der Waals surface area contributed by atoms with Gasteiger partial charge in [0.2, 0.25) is 0 Å². The standard InChI is InChI=1S/C24H33NO3/c1-14(26)22-16(13-25)11-21-19-6-5-17-12-18(28-15(2)27)7-9-23(17,3)20(19)8-10-24(21,22)4/h5,16,18-22H,6-12H2,1-4H3/t16-,18-,19+,20-,21-,22-,23-,24-/m0/s1. The summed E-state index contributed by atoms with van der Waals surface area (Å²) in [5.74, 6) is 1.46. The van der Waals surface area contributed by atoms with E-state index < -0.39 is 0 Å². The van der Waals surface area contributed by atoms with Gasteiger partial charge >= 0.3 is 5.97 Å². The topological polar surface area (TPSA) is 67.2 Å². The van der Waals surface area contributed by atoms with Crippen LogP contribution in [0.15, 0.2) is 11.6 Å². The first kappa shape index (κ1) is 19.7. The number of nitriles is 1. The number of esters is 1. The molecule has 0 N–H and O–H groups in total. The van der Waals surface area contributed by atoms with E-state index in [1.807, 2.05) is 0 Å². The van der Waals surface area contributed by atoms with Crippen LogP contribution in [0.5, 0.6) is 0 Å². The van der Waals surface area contributed by atoms with Gasteiger partial charge in [-0.2, -0.15) is 5.26 Å². The largest absolute Gasteiger partial charge is 0.462 e. The molecule has 0 aromatic heterocycles. The summed E-state index contributed by atoms with van der Waals surface area (Å²) in [6, 6.07) is 2.48. The summed E-state index contributed by atoms with van der Waals surface area (Å²) < 4.78 is 5.52. The number of ketones is 1. The van der Waals surface area contributed by atoms with E-state index in [1.54, 1.807) is 6.92 Å². The fourth-order valence-corrected chi connectivity index (χ4v) is 7.88. The summed E-state index contributed by atoms with van der Waals surface area (Å²) in [7, 11) is 0. The highest BCUT2D eigenvalue weighted by atomic mass is 16.5. The Balaban J connectivity index is 1.62. The van der Waals surface area contributed by atoms with Gasteiger partial charge < -0.3 is 4.74 Å². The molecule has 0 heterocycles. The molecule has 0 amide bonds. The molecule has 3 fully saturated rings. The van der Waals surface area contributed by atoms with Crippen LogP contribution in [0.25, 0.3) is 0 Å². The van der Waals surface area contributed by atoms with Crippen molar-refractivity contribution in [1.29, 1.82) is 5.26 Å². The fourth-order valence-electron chi connectivity index (χ4n) is 7.88. The van der Waals surface area contributed by atoms with Gasteiger partial charge in [-0.3, -0.25) is 9.59 Å². The molecule has 0 spiro atoms. The summed E-state index contributed by atoms with van der Waals surface area (Å²) >= 11 is 0. The number of rotatable bonds is 2. The second-order valence-corrected chi connectivity index (χ2v) is 10.3. The van der Waals surface area contributed by atoms with Gasteiger partial charge in [0.15, 0.2) is 0 Å². The molecule has 0 radical (unpaired) electrons. The smallest absolute Gasteiger partial charge is 0.302 e. The Kier molecular flexibility index (Phi) is 4.72. The first-order valence-corrected chi connectivity index (χ1v) is 11.0. The van der Waals surface area contributed by atoms with E-state index in [0.717, 1.165) is 44.9 Å². The molecular weight excluding hydrogens is 350 g/mol. The molecule has 8 atom stereocenters. The molecule has 3 saturated carbocycles. The summed E-state index contributed by atoms with van der Waals surface area (Å²) in [5, 5.41) is 9.73. The lowest BCUT2D eigenvalue weighted by Crippen LogP contribution is -2.51. The molecule has 0 bridgehead atoms. The Bertz CT molecular complexity index is 764. The van der Waals surface area contributed by atoms with Crippen molar-refractivity contribution in [2.75, 3.05) is 0 Å². The van der Waals surface area contributed by atoms with Crippen LogP contribution in [0.1, 0.15) is 72.6 Å². The Morgan fingerprint density at radius 2 is 1.93 bits per heavy atom. The number of hydrogen-bond acceptors (Lipinski definition) is 4. The number of allylic oxidation sites excluding steroid dienone is 1. The fraction of sp³-hybridized carbons (Fsp3) is 0.792. The van der Waals surface area contributed by atoms with Crippen molar-refractivity contribution in [3.05, 3.63) is 11.6 Å². The van der Waals surface area contributed by atoms with Crippen molar-refractivity contribution in [3.8, 4) is 6.07 Å². The zero-order valence-corrected chi connectivity index (χ0v) is 17.7. The van der Waals surface area contributed by atoms with Crippen LogP contribution in [-0.2, 0) is 14.3 Å². The maximum atomic E-state index is 12.4. The van der Waals surface area contributed by atoms with E-state index in [-0.39, 0.29) is 40.5 Å². The monoisotopic (exact) mass is 383 g/mol. The molecule has 28 heavy (non-hydrogen) atoms. The van der Waals surface area contributed by atoms with Crippen LogP contribution in [-0.4, -0.2) is 17.9 Å². The highest BCUT2D eigenvalue weighted by Crippen LogP contribution is 2.67. The zero-order valence-electron chi connectivity index (χ0n) is 17.7. The van der Waals surface area contributed by atoms with Crippen molar-refractivity contribution in [3.63, 3.8) is 0 Å². The third-order valence-electron chi connectivity index (χ3n) is 9.05. The van der Waals surface area contributed by atoms with Crippen LogP contribution < -0.4 is 0 Å². The van der Waals surface area contributed by atoms with Crippen molar-refractivity contribution in [1.82, 2.24) is 0 Å². The molecule has 4 rings (SSSR count). The van der Waals surface area contributed by atoms with Gasteiger partial charge in [0, 0.05) is 19.3 Å². The third-order valence-corrected chi connectivity index (χ3v) is 9.05. The van der Waals surface area contributed by atoms with E-state index >= 15 is 0 Å². The number of hydrogen-bond donors (Lipinski definition) is 0. The van der Waals surface area contributed by atoms with Crippen molar-refractivity contribution >= 4 is 11.8 Å². The first-order chi connectivity index (χ1) is 13.2. The maximum Gasteiger partial charge on any atom is 0.302 e. The molecule has 152 valence electrons. The first-order valence-electron chi connectivity index (χ1n) is 11.0. The Morgan fingerprint density at radius 3 is 2.57 bits per heavy atom. The molecule has 0 unspecified atom stereocenters. The normalized spacial score (nSPS) is 47.0. The molecule has 4 aliphatic carbocycles. The average molecular weight is 384 g/mol. The predicted molar refractivity (Wildman–Crippen MR) is 106 cm³/mol. The van der Waals surface area contributed by atoms with E-state index in [1.165, 1.54) is 12.5 Å². The van der Waals surface area contributed by atoms with Gasteiger partial charge in [-0.25, -0.2) is 0 Å². The lowest BCUT2D eigenvalue weighted by Gasteiger charge is -2.57. The van der Waals surface area contributed by atoms with Crippen LogP contribution >= 0.6 is 0 Å².